The summed E-state index contributed by atoms with van der Waals surface area (Å²) < 4.78 is 18.1. The number of terminal acetylenes is 1. The van der Waals surface area contributed by atoms with Gasteiger partial charge in [-0.25, -0.2) is 9.37 Å². The number of halogens is 1. The molecule has 0 aliphatic rings. The van der Waals surface area contributed by atoms with E-state index in [-0.39, 0.29) is 5.82 Å². The molecule has 0 atom stereocenters. The fourth-order valence-corrected chi connectivity index (χ4v) is 1.23. The minimum absolute atomic E-state index is 0.311. The van der Waals surface area contributed by atoms with Crippen LogP contribution in [0.4, 0.5) is 4.39 Å². The Morgan fingerprint density at radius 1 is 1.50 bits per heavy atom. The highest BCUT2D eigenvalue weighted by molar-refractivity contribution is 5.72. The van der Waals surface area contributed by atoms with Crippen molar-refractivity contribution in [1.29, 1.82) is 0 Å². The summed E-state index contributed by atoms with van der Waals surface area (Å²) in [6.07, 6.45) is 6.28. The van der Waals surface area contributed by atoms with Crippen molar-refractivity contribution < 1.29 is 8.81 Å². The molecule has 0 saturated carbocycles. The van der Waals surface area contributed by atoms with Crippen LogP contribution in [0.3, 0.4) is 0 Å². The van der Waals surface area contributed by atoms with Gasteiger partial charge in [0.1, 0.15) is 11.3 Å². The molecular formula is C11H8FNO. The molecule has 0 aliphatic carbocycles. The number of nitrogens with zero attached hydrogens (tertiary/aromatic N) is 1. The van der Waals surface area contributed by atoms with Gasteiger partial charge in [0.15, 0.2) is 11.5 Å². The number of aromatic nitrogens is 1. The largest absolute Gasteiger partial charge is 0.441 e. The molecule has 2 nitrogen and oxygen atoms in total. The van der Waals surface area contributed by atoms with E-state index in [1.807, 2.05) is 0 Å². The highest BCUT2D eigenvalue weighted by atomic mass is 19.1. The molecule has 0 aliphatic heterocycles. The van der Waals surface area contributed by atoms with Crippen LogP contribution in [0.2, 0.25) is 0 Å². The van der Waals surface area contributed by atoms with Crippen LogP contribution < -0.4 is 0 Å². The van der Waals surface area contributed by atoms with Gasteiger partial charge in [-0.3, -0.25) is 0 Å². The lowest BCUT2D eigenvalue weighted by atomic mass is 10.3. The quantitative estimate of drug-likeness (QED) is 0.678. The molecule has 1 aromatic carbocycles. The average molecular weight is 189 g/mol. The van der Waals surface area contributed by atoms with Crippen molar-refractivity contribution in [2.75, 3.05) is 0 Å². The van der Waals surface area contributed by atoms with Crippen LogP contribution in [0.15, 0.2) is 22.6 Å². The normalized spacial score (nSPS) is 10.3. The second-order valence-corrected chi connectivity index (χ2v) is 2.92. The lowest BCUT2D eigenvalue weighted by Gasteiger charge is -1.85. The lowest BCUT2D eigenvalue weighted by Crippen LogP contribution is -1.81. The average Bonchev–Trinajstić information content (AvgIpc) is 2.56. The Morgan fingerprint density at radius 3 is 3.14 bits per heavy atom. The maximum absolute atomic E-state index is 12.8. The first kappa shape index (κ1) is 8.76. The Labute approximate surface area is 80.8 Å². The van der Waals surface area contributed by atoms with Crippen molar-refractivity contribution >= 4 is 11.1 Å². The van der Waals surface area contributed by atoms with Crippen molar-refractivity contribution in [3.63, 3.8) is 0 Å². The Hall–Kier alpha value is -1.82. The third kappa shape index (κ3) is 1.60. The molecule has 0 spiro atoms. The van der Waals surface area contributed by atoms with Gasteiger partial charge in [0.2, 0.25) is 0 Å². The summed E-state index contributed by atoms with van der Waals surface area (Å²) in [4.78, 5) is 4.11. The lowest BCUT2D eigenvalue weighted by molar-refractivity contribution is 0.531. The van der Waals surface area contributed by atoms with Crippen molar-refractivity contribution in [2.24, 2.45) is 0 Å². The summed E-state index contributed by atoms with van der Waals surface area (Å²) in [5.74, 6) is 2.75. The Morgan fingerprint density at radius 2 is 2.36 bits per heavy atom. The van der Waals surface area contributed by atoms with Gasteiger partial charge in [0.05, 0.1) is 0 Å². The summed E-state index contributed by atoms with van der Waals surface area (Å²) in [6.45, 7) is 0. The molecule has 1 aromatic heterocycles. The van der Waals surface area contributed by atoms with Crippen LogP contribution in [0.5, 0.6) is 0 Å². The molecule has 70 valence electrons. The van der Waals surface area contributed by atoms with E-state index in [0.717, 1.165) is 0 Å². The summed E-state index contributed by atoms with van der Waals surface area (Å²) in [5, 5.41) is 0. The zero-order valence-electron chi connectivity index (χ0n) is 7.46. The van der Waals surface area contributed by atoms with E-state index >= 15 is 0 Å². The first-order chi connectivity index (χ1) is 6.79. The topological polar surface area (TPSA) is 26.0 Å². The molecule has 3 heteroatoms. The molecule has 1 heterocycles. The van der Waals surface area contributed by atoms with Crippen LogP contribution in [0.1, 0.15) is 12.3 Å². The molecule has 2 aromatic rings. The Bertz CT molecular complexity index is 495. The van der Waals surface area contributed by atoms with E-state index in [2.05, 4.69) is 10.9 Å². The summed E-state index contributed by atoms with van der Waals surface area (Å²) in [6, 6.07) is 4.26. The van der Waals surface area contributed by atoms with Crippen LogP contribution >= 0.6 is 0 Å². The van der Waals surface area contributed by atoms with Gasteiger partial charge in [0.25, 0.3) is 0 Å². The molecule has 14 heavy (non-hydrogen) atoms. The maximum atomic E-state index is 12.8. The SMILES string of the molecule is C#CCCc1nc2cc(F)ccc2o1. The minimum Gasteiger partial charge on any atom is -0.441 e. The molecule has 0 amide bonds. The van der Waals surface area contributed by atoms with Gasteiger partial charge < -0.3 is 4.42 Å². The predicted molar refractivity (Wildman–Crippen MR) is 51.1 cm³/mol. The van der Waals surface area contributed by atoms with E-state index in [0.29, 0.717) is 29.8 Å². The van der Waals surface area contributed by atoms with Gasteiger partial charge >= 0.3 is 0 Å². The first-order valence-electron chi connectivity index (χ1n) is 4.28. The van der Waals surface area contributed by atoms with Crippen LogP contribution in [-0.4, -0.2) is 4.98 Å². The van der Waals surface area contributed by atoms with Crippen molar-refractivity contribution in [1.82, 2.24) is 4.98 Å². The molecular weight excluding hydrogens is 181 g/mol. The summed E-state index contributed by atoms with van der Waals surface area (Å²) in [5.41, 5.74) is 1.13. The minimum atomic E-state index is -0.311. The standard InChI is InChI=1S/C11H8FNO/c1-2-3-4-11-13-9-7-8(12)5-6-10(9)14-11/h1,5-7H,3-4H2. The van der Waals surface area contributed by atoms with Gasteiger partial charge in [-0.15, -0.1) is 12.3 Å². The van der Waals surface area contributed by atoms with Gasteiger partial charge in [0, 0.05) is 18.9 Å². The summed E-state index contributed by atoms with van der Waals surface area (Å²) >= 11 is 0. The summed E-state index contributed by atoms with van der Waals surface area (Å²) in [7, 11) is 0. The van der Waals surface area contributed by atoms with E-state index in [1.165, 1.54) is 12.1 Å². The third-order valence-corrected chi connectivity index (χ3v) is 1.88. The highest BCUT2D eigenvalue weighted by Gasteiger charge is 2.05. The zero-order chi connectivity index (χ0) is 9.97. The van der Waals surface area contributed by atoms with E-state index in [4.69, 9.17) is 10.8 Å². The smallest absolute Gasteiger partial charge is 0.196 e. The predicted octanol–water partition coefficient (Wildman–Crippen LogP) is 2.53. The molecule has 0 saturated heterocycles. The fourth-order valence-electron chi connectivity index (χ4n) is 1.23. The van der Waals surface area contributed by atoms with Gasteiger partial charge in [-0.05, 0) is 12.1 Å². The van der Waals surface area contributed by atoms with Crippen LogP contribution in [-0.2, 0) is 6.42 Å². The first-order valence-corrected chi connectivity index (χ1v) is 4.28. The van der Waals surface area contributed by atoms with Crippen molar-refractivity contribution in [2.45, 2.75) is 12.8 Å². The number of rotatable bonds is 2. The number of benzene rings is 1. The number of fused-ring (bicyclic) bond motifs is 1. The molecule has 0 fully saturated rings. The van der Waals surface area contributed by atoms with Crippen molar-refractivity contribution in [3.05, 3.63) is 29.9 Å². The molecule has 2 rings (SSSR count). The van der Waals surface area contributed by atoms with Crippen LogP contribution in [0.25, 0.3) is 11.1 Å². The monoisotopic (exact) mass is 189 g/mol. The molecule has 0 unspecified atom stereocenters. The zero-order valence-corrected chi connectivity index (χ0v) is 7.46. The van der Waals surface area contributed by atoms with Gasteiger partial charge in [-0.2, -0.15) is 0 Å². The number of aryl methyl sites for hydroxylation is 1. The van der Waals surface area contributed by atoms with Crippen molar-refractivity contribution in [3.8, 4) is 12.3 Å². The van der Waals surface area contributed by atoms with Crippen LogP contribution in [0, 0.1) is 18.2 Å². The Kier molecular flexibility index (Phi) is 2.19. The number of hydrogen-bond acceptors (Lipinski definition) is 2. The highest BCUT2D eigenvalue weighted by Crippen LogP contribution is 2.17. The Balaban J connectivity index is 2.37. The van der Waals surface area contributed by atoms with E-state index < -0.39 is 0 Å². The second kappa shape index (κ2) is 3.51. The molecule has 0 N–H and O–H groups in total. The maximum Gasteiger partial charge on any atom is 0.196 e. The third-order valence-electron chi connectivity index (χ3n) is 1.88. The van der Waals surface area contributed by atoms with Gasteiger partial charge in [-0.1, -0.05) is 0 Å². The second-order valence-electron chi connectivity index (χ2n) is 2.92. The number of hydrogen-bond donors (Lipinski definition) is 0. The number of oxazole rings is 1. The van der Waals surface area contributed by atoms with E-state index in [9.17, 15) is 4.39 Å². The molecule has 0 radical (unpaired) electrons. The van der Waals surface area contributed by atoms with E-state index in [1.54, 1.807) is 6.07 Å². The molecule has 0 bridgehead atoms. The fraction of sp³-hybridized carbons (Fsp3) is 0.182.